The Labute approximate surface area is 172 Å². The molecule has 2 heterocycles. The van der Waals surface area contributed by atoms with Gasteiger partial charge in [-0.15, -0.1) is 11.8 Å². The van der Waals surface area contributed by atoms with Crippen LogP contribution >= 0.6 is 11.8 Å². The number of piperidine rings is 1. The van der Waals surface area contributed by atoms with E-state index in [4.69, 9.17) is 0 Å². The molecule has 2 aliphatic heterocycles. The normalized spacial score (nSPS) is 35.4. The van der Waals surface area contributed by atoms with E-state index < -0.39 is 0 Å². The van der Waals surface area contributed by atoms with Gasteiger partial charge in [-0.3, -0.25) is 9.69 Å². The van der Waals surface area contributed by atoms with Crippen LogP contribution in [0, 0.1) is 11.8 Å². The van der Waals surface area contributed by atoms with Crippen molar-refractivity contribution in [3.8, 4) is 0 Å². The molecule has 1 aliphatic carbocycles. The Balaban J connectivity index is 1.61. The molecule has 0 radical (unpaired) electrons. The number of aliphatic hydroxyl groups excluding tert-OH is 1. The third-order valence-electron chi connectivity index (χ3n) is 7.14. The first-order valence-corrected chi connectivity index (χ1v) is 11.6. The average Bonchev–Trinajstić information content (AvgIpc) is 3.20. The number of carbonyl (C=O) groups excluding carboxylic acids is 1. The standard InChI is InChI=1S/C23H32N2O2S/c1-4-25(5-2)14(3)15-6-8-16(9-7-15)20-19(26)11-10-18-21(20)17-12-13-28-22(17)23(27)24-18/h6-9,12-14,17-22,26H,4-5,10-11H2,1-3H3,(H,24,27). The second-order valence-electron chi connectivity index (χ2n) is 8.39. The van der Waals surface area contributed by atoms with Crippen molar-refractivity contribution in [1.82, 2.24) is 10.2 Å². The second kappa shape index (κ2) is 8.21. The average molecular weight is 401 g/mol. The van der Waals surface area contributed by atoms with Gasteiger partial charge in [0.15, 0.2) is 0 Å². The first kappa shape index (κ1) is 20.0. The Kier molecular flexibility index (Phi) is 5.86. The maximum Gasteiger partial charge on any atom is 0.234 e. The lowest BCUT2D eigenvalue weighted by molar-refractivity contribution is -0.126. The summed E-state index contributed by atoms with van der Waals surface area (Å²) in [5.41, 5.74) is 2.53. The summed E-state index contributed by atoms with van der Waals surface area (Å²) in [4.78, 5) is 14.9. The van der Waals surface area contributed by atoms with Crippen LogP contribution in [0.3, 0.4) is 0 Å². The van der Waals surface area contributed by atoms with Gasteiger partial charge in [-0.1, -0.05) is 44.2 Å². The summed E-state index contributed by atoms with van der Waals surface area (Å²) in [6.07, 6.45) is 3.47. The minimum atomic E-state index is -0.345. The van der Waals surface area contributed by atoms with Gasteiger partial charge in [0.2, 0.25) is 5.91 Å². The fourth-order valence-corrected chi connectivity index (χ4v) is 6.66. The lowest BCUT2D eigenvalue weighted by atomic mass is 9.63. The lowest BCUT2D eigenvalue weighted by Crippen LogP contribution is -2.59. The molecule has 3 aliphatic rings. The van der Waals surface area contributed by atoms with Gasteiger partial charge < -0.3 is 10.4 Å². The smallest absolute Gasteiger partial charge is 0.234 e. The van der Waals surface area contributed by atoms with E-state index in [1.807, 2.05) is 0 Å². The maximum absolute atomic E-state index is 12.5. The van der Waals surface area contributed by atoms with E-state index in [-0.39, 0.29) is 41.1 Å². The molecule has 4 nitrogen and oxygen atoms in total. The van der Waals surface area contributed by atoms with Gasteiger partial charge in [0.05, 0.1) is 11.4 Å². The first-order chi connectivity index (χ1) is 13.5. The summed E-state index contributed by atoms with van der Waals surface area (Å²) in [6.45, 7) is 8.74. The zero-order chi connectivity index (χ0) is 19.8. The van der Waals surface area contributed by atoms with Crippen LogP contribution < -0.4 is 5.32 Å². The summed E-state index contributed by atoms with van der Waals surface area (Å²) in [7, 11) is 0. The van der Waals surface area contributed by atoms with Gasteiger partial charge in [0, 0.05) is 23.9 Å². The molecule has 2 N–H and O–H groups in total. The van der Waals surface area contributed by atoms with Crippen molar-refractivity contribution in [1.29, 1.82) is 0 Å². The largest absolute Gasteiger partial charge is 0.392 e. The summed E-state index contributed by atoms with van der Waals surface area (Å²) in [5.74, 6) is 0.731. The van der Waals surface area contributed by atoms with Crippen molar-refractivity contribution < 1.29 is 9.90 Å². The van der Waals surface area contributed by atoms with E-state index in [0.717, 1.165) is 25.9 Å². The van der Waals surface area contributed by atoms with Crippen LogP contribution in [0.15, 0.2) is 35.7 Å². The molecule has 1 aromatic rings. The van der Waals surface area contributed by atoms with Gasteiger partial charge in [0.25, 0.3) is 0 Å². The van der Waals surface area contributed by atoms with Crippen molar-refractivity contribution in [2.75, 3.05) is 13.1 Å². The Morgan fingerprint density at radius 2 is 1.93 bits per heavy atom. The highest BCUT2D eigenvalue weighted by atomic mass is 32.2. The van der Waals surface area contributed by atoms with Crippen LogP contribution in [-0.4, -0.2) is 46.4 Å². The van der Waals surface area contributed by atoms with Crippen molar-refractivity contribution in [2.45, 2.75) is 63.0 Å². The molecule has 1 aromatic carbocycles. The number of thioether (sulfide) groups is 1. The molecule has 0 spiro atoms. The number of carbonyl (C=O) groups is 1. The summed E-state index contributed by atoms with van der Waals surface area (Å²) in [6, 6.07) is 9.44. The fourth-order valence-electron chi connectivity index (χ4n) is 5.57. The van der Waals surface area contributed by atoms with E-state index in [9.17, 15) is 9.90 Å². The molecule has 4 rings (SSSR count). The number of benzene rings is 1. The maximum atomic E-state index is 12.5. The molecule has 1 saturated heterocycles. The van der Waals surface area contributed by atoms with Gasteiger partial charge >= 0.3 is 0 Å². The third kappa shape index (κ3) is 3.42. The molecule has 28 heavy (non-hydrogen) atoms. The first-order valence-electron chi connectivity index (χ1n) is 10.7. The van der Waals surface area contributed by atoms with Gasteiger partial charge in [-0.25, -0.2) is 0 Å². The third-order valence-corrected chi connectivity index (χ3v) is 8.27. The van der Waals surface area contributed by atoms with Crippen molar-refractivity contribution >= 4 is 17.7 Å². The van der Waals surface area contributed by atoms with E-state index in [1.54, 1.807) is 11.8 Å². The number of nitrogens with zero attached hydrogens (tertiary/aromatic N) is 1. The molecule has 7 atom stereocenters. The molecular weight excluding hydrogens is 368 g/mol. The molecular formula is C23H32N2O2S. The highest BCUT2D eigenvalue weighted by Crippen LogP contribution is 2.50. The minimum absolute atomic E-state index is 0.0315. The molecule has 5 heteroatoms. The molecule has 7 unspecified atom stereocenters. The minimum Gasteiger partial charge on any atom is -0.392 e. The van der Waals surface area contributed by atoms with Gasteiger partial charge in [0.1, 0.15) is 0 Å². The fraction of sp³-hybridized carbons (Fsp3) is 0.609. The Morgan fingerprint density at radius 3 is 2.61 bits per heavy atom. The zero-order valence-electron chi connectivity index (χ0n) is 17.0. The van der Waals surface area contributed by atoms with E-state index in [0.29, 0.717) is 6.04 Å². The van der Waals surface area contributed by atoms with Crippen molar-refractivity contribution in [2.24, 2.45) is 11.8 Å². The van der Waals surface area contributed by atoms with Gasteiger partial charge in [-0.05, 0) is 55.3 Å². The number of fused-ring (bicyclic) bond motifs is 3. The van der Waals surface area contributed by atoms with E-state index in [1.165, 1.54) is 11.1 Å². The van der Waals surface area contributed by atoms with E-state index in [2.05, 4.69) is 66.7 Å². The molecule has 152 valence electrons. The van der Waals surface area contributed by atoms with Crippen LogP contribution in [0.2, 0.25) is 0 Å². The number of nitrogens with one attached hydrogen (secondary N) is 1. The number of aliphatic hydroxyl groups is 1. The summed E-state index contributed by atoms with van der Waals surface area (Å²) >= 11 is 1.62. The molecule has 2 fully saturated rings. The zero-order valence-corrected chi connectivity index (χ0v) is 17.9. The van der Waals surface area contributed by atoms with Gasteiger partial charge in [-0.2, -0.15) is 0 Å². The second-order valence-corrected chi connectivity index (χ2v) is 9.44. The van der Waals surface area contributed by atoms with Crippen LogP contribution in [0.5, 0.6) is 0 Å². The highest BCUT2D eigenvalue weighted by molar-refractivity contribution is 8.03. The molecule has 1 saturated carbocycles. The SMILES string of the molecule is CCN(CC)C(C)c1ccc(C2C(O)CCC3NC(=O)C4SC=CC4C32)cc1. The monoisotopic (exact) mass is 400 g/mol. The van der Waals surface area contributed by atoms with Crippen molar-refractivity contribution in [3.63, 3.8) is 0 Å². The predicted molar refractivity (Wildman–Crippen MR) is 115 cm³/mol. The lowest BCUT2D eigenvalue weighted by Gasteiger charge is -2.48. The number of hydrogen-bond acceptors (Lipinski definition) is 4. The quantitative estimate of drug-likeness (QED) is 0.792. The summed E-state index contributed by atoms with van der Waals surface area (Å²) < 4.78 is 0. The number of amides is 1. The van der Waals surface area contributed by atoms with Crippen LogP contribution in [0.1, 0.15) is 56.7 Å². The highest BCUT2D eigenvalue weighted by Gasteiger charge is 2.51. The Morgan fingerprint density at radius 1 is 1.21 bits per heavy atom. The number of allylic oxidation sites excluding steroid dienone is 1. The Bertz CT molecular complexity index is 731. The molecule has 0 bridgehead atoms. The van der Waals surface area contributed by atoms with Crippen LogP contribution in [0.4, 0.5) is 0 Å². The topological polar surface area (TPSA) is 52.6 Å². The molecule has 0 aromatic heterocycles. The predicted octanol–water partition coefficient (Wildman–Crippen LogP) is 3.69. The summed E-state index contributed by atoms with van der Waals surface area (Å²) in [5, 5.41) is 16.2. The van der Waals surface area contributed by atoms with Crippen LogP contribution in [0.25, 0.3) is 0 Å². The molecule has 1 amide bonds. The van der Waals surface area contributed by atoms with Crippen LogP contribution in [-0.2, 0) is 4.79 Å². The number of rotatable bonds is 5. The Hall–Kier alpha value is -1.30. The van der Waals surface area contributed by atoms with Crippen molar-refractivity contribution in [3.05, 3.63) is 46.9 Å². The number of hydrogen-bond donors (Lipinski definition) is 2. The van der Waals surface area contributed by atoms with E-state index >= 15 is 0 Å².